The molecule has 1 aliphatic rings. The molecule has 2 unspecified atom stereocenters. The van der Waals surface area contributed by atoms with Crippen molar-refractivity contribution < 1.29 is 0 Å². The van der Waals surface area contributed by atoms with Crippen LogP contribution in [0.3, 0.4) is 0 Å². The summed E-state index contributed by atoms with van der Waals surface area (Å²) in [5, 5.41) is 3.54. The van der Waals surface area contributed by atoms with Crippen molar-refractivity contribution in [2.75, 3.05) is 11.4 Å². The van der Waals surface area contributed by atoms with Gasteiger partial charge in [0, 0.05) is 35.3 Å². The summed E-state index contributed by atoms with van der Waals surface area (Å²) in [5.74, 6) is 0.772. The summed E-state index contributed by atoms with van der Waals surface area (Å²) in [6.07, 6.45) is 2.65. The summed E-state index contributed by atoms with van der Waals surface area (Å²) in [4.78, 5) is 2.59. The first-order chi connectivity index (χ1) is 9.49. The van der Waals surface area contributed by atoms with Gasteiger partial charge in [0.25, 0.3) is 0 Å². The molecule has 1 N–H and O–H groups in total. The number of benzene rings is 1. The normalized spacial score (nSPS) is 23.4. The molecule has 0 amide bonds. The van der Waals surface area contributed by atoms with Crippen LogP contribution in [0.5, 0.6) is 0 Å². The molecule has 1 saturated heterocycles. The number of hydrogen-bond donors (Lipinski definition) is 1. The average molecular weight is 339 g/mol. The molecule has 2 nitrogen and oxygen atoms in total. The van der Waals surface area contributed by atoms with Gasteiger partial charge < -0.3 is 10.2 Å². The minimum atomic E-state index is 0.518. The lowest BCUT2D eigenvalue weighted by molar-refractivity contribution is 0.363. The molecule has 1 aliphatic heterocycles. The largest absolute Gasteiger partial charge is 0.368 e. The Kier molecular flexibility index (Phi) is 5.50. The number of piperidine rings is 1. The van der Waals surface area contributed by atoms with Crippen molar-refractivity contribution in [1.82, 2.24) is 5.32 Å². The first-order valence-electron chi connectivity index (χ1n) is 7.77. The number of nitrogens with zero attached hydrogens (tertiary/aromatic N) is 1. The molecule has 1 aromatic rings. The van der Waals surface area contributed by atoms with Gasteiger partial charge in [-0.1, -0.05) is 42.8 Å². The van der Waals surface area contributed by atoms with E-state index in [0.29, 0.717) is 12.1 Å². The molecule has 0 aliphatic carbocycles. The van der Waals surface area contributed by atoms with Crippen molar-refractivity contribution in [2.45, 2.75) is 59.2 Å². The van der Waals surface area contributed by atoms with Crippen LogP contribution in [0.4, 0.5) is 5.69 Å². The van der Waals surface area contributed by atoms with Gasteiger partial charge in [0.15, 0.2) is 0 Å². The maximum atomic E-state index is 3.63. The van der Waals surface area contributed by atoms with Gasteiger partial charge in [0.1, 0.15) is 0 Å². The van der Waals surface area contributed by atoms with Crippen LogP contribution in [0.2, 0.25) is 0 Å². The van der Waals surface area contributed by atoms with Crippen LogP contribution in [0.25, 0.3) is 0 Å². The van der Waals surface area contributed by atoms with Crippen molar-refractivity contribution in [2.24, 2.45) is 5.92 Å². The van der Waals surface area contributed by atoms with Crippen LogP contribution < -0.4 is 10.2 Å². The highest BCUT2D eigenvalue weighted by Gasteiger charge is 2.26. The Morgan fingerprint density at radius 3 is 2.80 bits per heavy atom. The molecular formula is C17H27BrN2. The van der Waals surface area contributed by atoms with E-state index in [2.05, 4.69) is 72.0 Å². The van der Waals surface area contributed by atoms with Crippen LogP contribution in [-0.2, 0) is 6.54 Å². The summed E-state index contributed by atoms with van der Waals surface area (Å²) in [6.45, 7) is 11.3. The Hall–Kier alpha value is -0.540. The highest BCUT2D eigenvalue weighted by atomic mass is 79.9. The van der Waals surface area contributed by atoms with E-state index in [1.807, 2.05) is 0 Å². The second-order valence-corrected chi connectivity index (χ2v) is 7.28. The Bertz CT molecular complexity index is 445. The van der Waals surface area contributed by atoms with Gasteiger partial charge in [-0.05, 0) is 43.4 Å². The van der Waals surface area contributed by atoms with Crippen molar-refractivity contribution in [3.63, 3.8) is 0 Å². The van der Waals surface area contributed by atoms with E-state index < -0.39 is 0 Å². The average Bonchev–Trinajstić information content (AvgIpc) is 2.40. The molecule has 2 rings (SSSR count). The Labute approximate surface area is 132 Å². The van der Waals surface area contributed by atoms with Crippen LogP contribution in [0.1, 0.15) is 46.1 Å². The van der Waals surface area contributed by atoms with Gasteiger partial charge in [-0.3, -0.25) is 0 Å². The number of rotatable bonds is 4. The monoisotopic (exact) mass is 338 g/mol. The van der Waals surface area contributed by atoms with Crippen molar-refractivity contribution in [1.29, 1.82) is 0 Å². The lowest BCUT2D eigenvalue weighted by Crippen LogP contribution is -2.43. The molecule has 1 fully saturated rings. The Morgan fingerprint density at radius 1 is 1.35 bits per heavy atom. The fourth-order valence-electron chi connectivity index (χ4n) is 2.94. The van der Waals surface area contributed by atoms with Gasteiger partial charge in [-0.25, -0.2) is 0 Å². The summed E-state index contributed by atoms with van der Waals surface area (Å²) in [7, 11) is 0. The predicted molar refractivity (Wildman–Crippen MR) is 91.3 cm³/mol. The standard InChI is InChI=1S/C17H27BrN2/c1-12(2)19-11-15-7-8-16(18)10-17(15)20-9-5-6-13(3)14(20)4/h7-8,10,12-14,19H,5-6,9,11H2,1-4H3. The van der Waals surface area contributed by atoms with Crippen LogP contribution >= 0.6 is 15.9 Å². The highest BCUT2D eigenvalue weighted by Crippen LogP contribution is 2.32. The Morgan fingerprint density at radius 2 is 2.10 bits per heavy atom. The van der Waals surface area contributed by atoms with E-state index in [1.165, 1.54) is 35.1 Å². The van der Waals surface area contributed by atoms with Crippen LogP contribution in [0.15, 0.2) is 22.7 Å². The topological polar surface area (TPSA) is 15.3 Å². The van der Waals surface area contributed by atoms with E-state index in [4.69, 9.17) is 0 Å². The summed E-state index contributed by atoms with van der Waals surface area (Å²) in [6, 6.07) is 7.82. The van der Waals surface area contributed by atoms with Gasteiger partial charge in [-0.15, -0.1) is 0 Å². The quantitative estimate of drug-likeness (QED) is 0.864. The lowest BCUT2D eigenvalue weighted by Gasteiger charge is -2.40. The highest BCUT2D eigenvalue weighted by molar-refractivity contribution is 9.10. The van der Waals surface area contributed by atoms with Crippen molar-refractivity contribution in [3.8, 4) is 0 Å². The molecule has 3 heteroatoms. The molecule has 0 aromatic heterocycles. The first kappa shape index (κ1) is 15.8. The molecule has 112 valence electrons. The SMILES string of the molecule is CC(C)NCc1ccc(Br)cc1N1CCCC(C)C1C. The molecule has 0 spiro atoms. The van der Waals surface area contributed by atoms with Gasteiger partial charge in [0.2, 0.25) is 0 Å². The predicted octanol–water partition coefficient (Wildman–Crippen LogP) is 4.57. The van der Waals surface area contributed by atoms with E-state index in [1.54, 1.807) is 0 Å². The van der Waals surface area contributed by atoms with Gasteiger partial charge in [-0.2, -0.15) is 0 Å². The minimum absolute atomic E-state index is 0.518. The number of anilines is 1. The maximum absolute atomic E-state index is 3.63. The zero-order valence-corrected chi connectivity index (χ0v) is 14.7. The second-order valence-electron chi connectivity index (χ2n) is 6.36. The summed E-state index contributed by atoms with van der Waals surface area (Å²) in [5.41, 5.74) is 2.80. The fraction of sp³-hybridized carbons (Fsp3) is 0.647. The molecule has 0 radical (unpaired) electrons. The zero-order chi connectivity index (χ0) is 14.7. The third-order valence-electron chi connectivity index (χ3n) is 4.43. The summed E-state index contributed by atoms with van der Waals surface area (Å²) >= 11 is 3.63. The molecule has 20 heavy (non-hydrogen) atoms. The minimum Gasteiger partial charge on any atom is -0.368 e. The number of nitrogens with one attached hydrogen (secondary N) is 1. The third kappa shape index (κ3) is 3.76. The lowest BCUT2D eigenvalue weighted by atomic mass is 9.91. The maximum Gasteiger partial charge on any atom is 0.0425 e. The zero-order valence-electron chi connectivity index (χ0n) is 13.1. The third-order valence-corrected chi connectivity index (χ3v) is 4.92. The summed E-state index contributed by atoms with van der Waals surface area (Å²) < 4.78 is 1.17. The number of halogens is 1. The van der Waals surface area contributed by atoms with E-state index in [9.17, 15) is 0 Å². The molecular weight excluding hydrogens is 312 g/mol. The first-order valence-corrected chi connectivity index (χ1v) is 8.56. The van der Waals surface area contributed by atoms with Gasteiger partial charge >= 0.3 is 0 Å². The molecule has 0 saturated carbocycles. The molecule has 1 heterocycles. The molecule has 1 aromatic carbocycles. The van der Waals surface area contributed by atoms with Crippen molar-refractivity contribution >= 4 is 21.6 Å². The van der Waals surface area contributed by atoms with Crippen molar-refractivity contribution in [3.05, 3.63) is 28.2 Å². The number of hydrogen-bond acceptors (Lipinski definition) is 2. The molecule has 2 atom stereocenters. The van der Waals surface area contributed by atoms with Gasteiger partial charge in [0.05, 0.1) is 0 Å². The van der Waals surface area contributed by atoms with Crippen LogP contribution in [-0.4, -0.2) is 18.6 Å². The van der Waals surface area contributed by atoms with E-state index in [0.717, 1.165) is 12.5 Å². The van der Waals surface area contributed by atoms with Crippen LogP contribution in [0, 0.1) is 5.92 Å². The fourth-order valence-corrected chi connectivity index (χ4v) is 3.29. The van der Waals surface area contributed by atoms with E-state index in [-0.39, 0.29) is 0 Å². The van der Waals surface area contributed by atoms with E-state index >= 15 is 0 Å². The Balaban J connectivity index is 2.26. The smallest absolute Gasteiger partial charge is 0.0425 e. The second kappa shape index (κ2) is 6.95. The molecule has 0 bridgehead atoms.